The largest absolute Gasteiger partial charge is 0.508 e. The highest BCUT2D eigenvalue weighted by atomic mass is 35.5. The number of nitrogens with one attached hydrogen (secondary N) is 1. The molecule has 1 amide bonds. The topological polar surface area (TPSA) is 67.2 Å². The molecule has 2 aromatic rings. The molecule has 100 valence electrons. The van der Waals surface area contributed by atoms with Gasteiger partial charge in [0.1, 0.15) is 5.75 Å². The van der Waals surface area contributed by atoms with Crippen LogP contribution in [-0.2, 0) is 7.05 Å². The highest BCUT2D eigenvalue weighted by Gasteiger charge is 2.18. The van der Waals surface area contributed by atoms with Crippen molar-refractivity contribution < 1.29 is 9.90 Å². The third kappa shape index (κ3) is 2.56. The number of rotatable bonds is 2. The number of phenolic OH excluding ortho intramolecular Hbond substituents is 1. The molecule has 6 heteroatoms. The van der Waals surface area contributed by atoms with Crippen molar-refractivity contribution in [2.75, 3.05) is 5.32 Å². The highest BCUT2D eigenvalue weighted by Crippen LogP contribution is 2.26. The summed E-state index contributed by atoms with van der Waals surface area (Å²) in [5, 5.41) is 16.5. The van der Waals surface area contributed by atoms with E-state index in [2.05, 4.69) is 10.4 Å². The Morgan fingerprint density at radius 2 is 2.11 bits per heavy atom. The van der Waals surface area contributed by atoms with Crippen LogP contribution in [0.3, 0.4) is 0 Å². The molecule has 0 aliphatic heterocycles. The minimum Gasteiger partial charge on any atom is -0.508 e. The fourth-order valence-electron chi connectivity index (χ4n) is 1.89. The van der Waals surface area contributed by atoms with E-state index in [1.165, 1.54) is 12.1 Å². The third-order valence-corrected chi connectivity index (χ3v) is 3.25. The van der Waals surface area contributed by atoms with Gasteiger partial charge in [-0.05, 0) is 26.0 Å². The van der Waals surface area contributed by atoms with Crippen molar-refractivity contribution in [1.82, 2.24) is 9.78 Å². The molecule has 0 aliphatic carbocycles. The molecule has 0 aliphatic rings. The predicted octanol–water partition coefficient (Wildman–Crippen LogP) is 2.65. The van der Waals surface area contributed by atoms with Gasteiger partial charge in [-0.1, -0.05) is 11.6 Å². The number of amides is 1. The average molecular weight is 280 g/mol. The van der Waals surface area contributed by atoms with Crippen LogP contribution in [0.1, 0.15) is 21.7 Å². The molecule has 0 unspecified atom stereocenters. The van der Waals surface area contributed by atoms with Gasteiger partial charge in [-0.2, -0.15) is 5.10 Å². The molecule has 5 nitrogen and oxygen atoms in total. The van der Waals surface area contributed by atoms with E-state index in [1.54, 1.807) is 24.7 Å². The summed E-state index contributed by atoms with van der Waals surface area (Å²) in [7, 11) is 1.78. The first-order valence-corrected chi connectivity index (χ1v) is 6.08. The molecule has 19 heavy (non-hydrogen) atoms. The van der Waals surface area contributed by atoms with Crippen molar-refractivity contribution >= 4 is 23.2 Å². The Kier molecular flexibility index (Phi) is 3.48. The lowest BCUT2D eigenvalue weighted by Crippen LogP contribution is -2.14. The van der Waals surface area contributed by atoms with Crippen LogP contribution in [-0.4, -0.2) is 20.8 Å². The Morgan fingerprint density at radius 3 is 2.63 bits per heavy atom. The average Bonchev–Trinajstić information content (AvgIpc) is 2.57. The van der Waals surface area contributed by atoms with Gasteiger partial charge in [0.2, 0.25) is 0 Å². The van der Waals surface area contributed by atoms with Gasteiger partial charge in [-0.25, -0.2) is 0 Å². The molecule has 1 aromatic carbocycles. The molecule has 0 atom stereocenters. The van der Waals surface area contributed by atoms with Gasteiger partial charge >= 0.3 is 0 Å². The van der Waals surface area contributed by atoms with E-state index >= 15 is 0 Å². The van der Waals surface area contributed by atoms with E-state index in [0.29, 0.717) is 16.9 Å². The van der Waals surface area contributed by atoms with E-state index in [4.69, 9.17) is 11.6 Å². The molecule has 0 fully saturated rings. The van der Waals surface area contributed by atoms with Crippen LogP contribution in [0.15, 0.2) is 18.2 Å². The number of phenols is 1. The third-order valence-electron chi connectivity index (χ3n) is 2.94. The van der Waals surface area contributed by atoms with Crippen LogP contribution in [0.2, 0.25) is 5.02 Å². The maximum atomic E-state index is 12.2. The number of aryl methyl sites for hydroxylation is 2. The SMILES string of the molecule is Cc1nn(C)c(C)c1C(=O)Nc1ccc(O)cc1Cl. The molecular weight excluding hydrogens is 266 g/mol. The summed E-state index contributed by atoms with van der Waals surface area (Å²) in [6, 6.07) is 4.39. The van der Waals surface area contributed by atoms with Crippen molar-refractivity contribution in [1.29, 1.82) is 0 Å². The van der Waals surface area contributed by atoms with Gasteiger partial charge in [-0.3, -0.25) is 9.48 Å². The van der Waals surface area contributed by atoms with E-state index in [-0.39, 0.29) is 16.7 Å². The number of aromatic nitrogens is 2. The van der Waals surface area contributed by atoms with Gasteiger partial charge in [-0.15, -0.1) is 0 Å². The summed E-state index contributed by atoms with van der Waals surface area (Å²) >= 11 is 5.95. The van der Waals surface area contributed by atoms with Crippen molar-refractivity contribution in [3.63, 3.8) is 0 Å². The lowest BCUT2D eigenvalue weighted by atomic mass is 10.2. The zero-order valence-corrected chi connectivity index (χ0v) is 11.6. The van der Waals surface area contributed by atoms with Crippen molar-refractivity contribution in [2.45, 2.75) is 13.8 Å². The Labute approximate surface area is 115 Å². The van der Waals surface area contributed by atoms with Crippen LogP contribution in [0.5, 0.6) is 5.75 Å². The Hall–Kier alpha value is -2.01. The van der Waals surface area contributed by atoms with Gasteiger partial charge in [0.25, 0.3) is 5.91 Å². The van der Waals surface area contributed by atoms with Gasteiger partial charge in [0, 0.05) is 18.8 Å². The summed E-state index contributed by atoms with van der Waals surface area (Å²) < 4.78 is 1.66. The maximum Gasteiger partial charge on any atom is 0.259 e. The maximum absolute atomic E-state index is 12.2. The first kappa shape index (κ1) is 13.4. The predicted molar refractivity (Wildman–Crippen MR) is 73.8 cm³/mol. The second-order valence-corrected chi connectivity index (χ2v) is 4.69. The van der Waals surface area contributed by atoms with E-state index in [0.717, 1.165) is 5.69 Å². The fraction of sp³-hybridized carbons (Fsp3) is 0.231. The monoisotopic (exact) mass is 279 g/mol. The van der Waals surface area contributed by atoms with Gasteiger partial charge in [0.05, 0.1) is 22.0 Å². The highest BCUT2D eigenvalue weighted by molar-refractivity contribution is 6.34. The Bertz CT molecular complexity index is 650. The standard InChI is InChI=1S/C13H14ClN3O2/c1-7-12(8(2)17(3)16-7)13(19)15-11-5-4-9(18)6-10(11)14/h4-6,18H,1-3H3,(H,15,19). The first-order chi connectivity index (χ1) is 8.90. The molecule has 2 N–H and O–H groups in total. The minimum atomic E-state index is -0.268. The zero-order chi connectivity index (χ0) is 14.2. The summed E-state index contributed by atoms with van der Waals surface area (Å²) in [6.07, 6.45) is 0. The number of halogens is 1. The molecule has 1 heterocycles. The lowest BCUT2D eigenvalue weighted by Gasteiger charge is -2.07. The summed E-state index contributed by atoms with van der Waals surface area (Å²) in [5.41, 5.74) is 2.43. The van der Waals surface area contributed by atoms with Crippen LogP contribution in [0.25, 0.3) is 0 Å². The molecule has 0 saturated heterocycles. The Morgan fingerprint density at radius 1 is 1.42 bits per heavy atom. The van der Waals surface area contributed by atoms with E-state index < -0.39 is 0 Å². The molecule has 0 bridgehead atoms. The quantitative estimate of drug-likeness (QED) is 0.831. The van der Waals surface area contributed by atoms with E-state index in [9.17, 15) is 9.90 Å². The number of hydrogen-bond acceptors (Lipinski definition) is 3. The van der Waals surface area contributed by atoms with Crippen LogP contribution in [0, 0.1) is 13.8 Å². The normalized spacial score (nSPS) is 10.5. The minimum absolute atomic E-state index is 0.0525. The smallest absolute Gasteiger partial charge is 0.259 e. The summed E-state index contributed by atoms with van der Waals surface area (Å²) in [6.45, 7) is 3.60. The lowest BCUT2D eigenvalue weighted by molar-refractivity contribution is 0.102. The van der Waals surface area contributed by atoms with Crippen LogP contribution in [0.4, 0.5) is 5.69 Å². The van der Waals surface area contributed by atoms with Crippen LogP contribution < -0.4 is 5.32 Å². The summed E-state index contributed by atoms with van der Waals surface area (Å²) in [4.78, 5) is 12.2. The summed E-state index contributed by atoms with van der Waals surface area (Å²) in [5.74, 6) is -0.215. The molecule has 1 aromatic heterocycles. The number of carbonyl (C=O) groups excluding carboxylic acids is 1. The number of carbonyl (C=O) groups is 1. The number of benzene rings is 1. The van der Waals surface area contributed by atoms with Crippen molar-refractivity contribution in [2.24, 2.45) is 7.05 Å². The second kappa shape index (κ2) is 4.93. The molecule has 0 spiro atoms. The van der Waals surface area contributed by atoms with E-state index in [1.807, 2.05) is 6.92 Å². The fourth-order valence-corrected chi connectivity index (χ4v) is 2.11. The number of aromatic hydroxyl groups is 1. The van der Waals surface area contributed by atoms with Crippen molar-refractivity contribution in [3.8, 4) is 5.75 Å². The van der Waals surface area contributed by atoms with Crippen LogP contribution >= 0.6 is 11.6 Å². The second-order valence-electron chi connectivity index (χ2n) is 4.29. The first-order valence-electron chi connectivity index (χ1n) is 5.70. The Balaban J connectivity index is 2.31. The van der Waals surface area contributed by atoms with Gasteiger partial charge < -0.3 is 10.4 Å². The number of nitrogens with zero attached hydrogens (tertiary/aromatic N) is 2. The van der Waals surface area contributed by atoms with Gasteiger partial charge in [0.15, 0.2) is 0 Å². The molecule has 0 saturated carbocycles. The molecular formula is C13H14ClN3O2. The zero-order valence-electron chi connectivity index (χ0n) is 10.9. The van der Waals surface area contributed by atoms with Crippen molar-refractivity contribution in [3.05, 3.63) is 40.2 Å². The molecule has 0 radical (unpaired) electrons. The number of hydrogen-bond donors (Lipinski definition) is 2. The number of anilines is 1. The molecule has 2 rings (SSSR count).